The van der Waals surface area contributed by atoms with Crippen molar-refractivity contribution in [1.82, 2.24) is 10.0 Å². The molecule has 3 aromatic carbocycles. The lowest BCUT2D eigenvalue weighted by molar-refractivity contribution is -0.133. The summed E-state index contributed by atoms with van der Waals surface area (Å²) in [5, 5.41) is 6.47. The summed E-state index contributed by atoms with van der Waals surface area (Å²) < 4.78 is 46.3. The minimum absolute atomic E-state index is 0. The van der Waals surface area contributed by atoms with Crippen molar-refractivity contribution in [2.45, 2.75) is 57.6 Å². The van der Waals surface area contributed by atoms with Gasteiger partial charge in [0.05, 0.1) is 12.3 Å². The van der Waals surface area contributed by atoms with Crippen molar-refractivity contribution in [2.75, 3.05) is 11.6 Å². The Bertz CT molecular complexity index is 1800. The summed E-state index contributed by atoms with van der Waals surface area (Å²) in [4.78, 5) is 40.6. The molecule has 9 nitrogen and oxygen atoms in total. The van der Waals surface area contributed by atoms with Crippen molar-refractivity contribution in [1.29, 1.82) is 0 Å². The Morgan fingerprint density at radius 1 is 1.05 bits per heavy atom. The summed E-state index contributed by atoms with van der Waals surface area (Å²) in [5.74, 6) is -3.21. The lowest BCUT2D eigenvalue weighted by Crippen LogP contribution is -2.57. The number of hydrogen-bond donors (Lipinski definition) is 3. The fourth-order valence-corrected chi connectivity index (χ4v) is 6.88. The number of nitrogens with one attached hydrogen (secondary N) is 3. The van der Waals surface area contributed by atoms with Gasteiger partial charge >= 0.3 is 0 Å². The average molecular weight is 665 g/mol. The summed E-state index contributed by atoms with van der Waals surface area (Å²) in [5.41, 5.74) is -0.960. The van der Waals surface area contributed by atoms with E-state index < -0.39 is 56.5 Å². The number of halogens is 3. The van der Waals surface area contributed by atoms with Crippen LogP contribution in [0.5, 0.6) is 5.75 Å². The number of benzene rings is 3. The number of piperidine rings is 1. The third-order valence-corrected chi connectivity index (χ3v) is 8.87. The zero-order valence-electron chi connectivity index (χ0n) is 23.5. The van der Waals surface area contributed by atoms with Gasteiger partial charge in [-0.05, 0) is 79.9 Å². The van der Waals surface area contributed by atoms with Crippen molar-refractivity contribution in [3.8, 4) is 5.75 Å². The van der Waals surface area contributed by atoms with E-state index in [9.17, 15) is 27.2 Å². The second-order valence-electron chi connectivity index (χ2n) is 11.3. The molecule has 44 heavy (non-hydrogen) atoms. The molecule has 0 bridgehead atoms. The van der Waals surface area contributed by atoms with E-state index in [1.54, 1.807) is 37.3 Å². The van der Waals surface area contributed by atoms with E-state index in [1.807, 2.05) is 4.72 Å². The first kappa shape index (κ1) is 33.2. The number of rotatable bonds is 6. The molecule has 2 aliphatic rings. The highest BCUT2D eigenvalue weighted by Gasteiger charge is 2.62. The molecule has 0 radical (unpaired) electrons. The van der Waals surface area contributed by atoms with Gasteiger partial charge in [0.25, 0.3) is 5.91 Å². The highest BCUT2D eigenvalue weighted by molar-refractivity contribution is 7.89. The molecule has 234 valence electrons. The molecular weight excluding hydrogens is 632 g/mol. The van der Waals surface area contributed by atoms with Gasteiger partial charge in [-0.3, -0.25) is 14.4 Å². The van der Waals surface area contributed by atoms with E-state index in [0.29, 0.717) is 33.0 Å². The van der Waals surface area contributed by atoms with E-state index in [2.05, 4.69) is 10.6 Å². The first-order chi connectivity index (χ1) is 20.0. The van der Waals surface area contributed by atoms with Crippen LogP contribution in [0.4, 0.5) is 10.1 Å². The molecular formula is C31H32Cl2FN3O6S. The van der Waals surface area contributed by atoms with Crippen LogP contribution in [0.1, 0.15) is 61.9 Å². The lowest BCUT2D eigenvalue weighted by Gasteiger charge is -2.47. The predicted molar refractivity (Wildman–Crippen MR) is 167 cm³/mol. The second kappa shape index (κ2) is 11.7. The largest absolute Gasteiger partial charge is 0.478 e. The number of carbonyl (C=O) groups excluding carboxylic acids is 3. The SMILES string of the molecule is C.Cc1ccc(F)cc1[C@@H]1NC(=O)C[C@H](c2cc(Cl)ccc2OC(C)(C)C(=O)NS(C)(=O)=O)[C@@]12C(=O)Nc1cc(Cl)ccc12. The summed E-state index contributed by atoms with van der Waals surface area (Å²) in [6.07, 6.45) is 0.642. The topological polar surface area (TPSA) is 131 Å². The van der Waals surface area contributed by atoms with Gasteiger partial charge in [-0.2, -0.15) is 0 Å². The van der Waals surface area contributed by atoms with Gasteiger partial charge in [0.15, 0.2) is 5.60 Å². The molecule has 2 aliphatic heterocycles. The first-order valence-corrected chi connectivity index (χ1v) is 15.8. The molecule has 3 amide bonds. The minimum Gasteiger partial charge on any atom is -0.478 e. The van der Waals surface area contributed by atoms with Gasteiger partial charge in [-0.1, -0.05) is 42.8 Å². The third kappa shape index (κ3) is 5.88. The molecule has 5 rings (SSSR count). The predicted octanol–water partition coefficient (Wildman–Crippen LogP) is 5.55. The standard InChI is InChI=1S/C30H28Cl2FN3O6S.CH4/c1-15-5-8-18(33)13-19(15)26-30(21-9-6-17(32)12-23(21)34-28(30)39)22(14-25(37)35-26)20-11-16(31)7-10-24(20)42-29(2,3)27(38)36-43(4,40)41;/h5-13,22,26H,14H2,1-4H3,(H,34,39)(H,35,37)(H,36,38);1H4/t22-,26+,30-;/m1./s1. The van der Waals surface area contributed by atoms with Gasteiger partial charge in [0.1, 0.15) is 17.0 Å². The van der Waals surface area contributed by atoms with Crippen LogP contribution in [0.3, 0.4) is 0 Å². The first-order valence-electron chi connectivity index (χ1n) is 13.2. The number of carbonyl (C=O) groups is 3. The number of amides is 3. The number of sulfonamides is 1. The fraction of sp³-hybridized carbons (Fsp3) is 0.323. The molecule has 2 heterocycles. The van der Waals surface area contributed by atoms with Gasteiger partial charge in [0, 0.05) is 33.6 Å². The van der Waals surface area contributed by atoms with E-state index in [0.717, 1.165) is 6.26 Å². The van der Waals surface area contributed by atoms with Crippen LogP contribution in [0.2, 0.25) is 10.0 Å². The molecule has 0 saturated carbocycles. The number of anilines is 1. The number of ether oxygens (including phenoxy) is 1. The average Bonchev–Trinajstić information content (AvgIpc) is 3.17. The number of fused-ring (bicyclic) bond motifs is 2. The molecule has 0 unspecified atom stereocenters. The van der Waals surface area contributed by atoms with Crippen molar-refractivity contribution >= 4 is 56.6 Å². The quantitative estimate of drug-likeness (QED) is 0.317. The minimum atomic E-state index is -3.90. The smallest absolute Gasteiger partial charge is 0.277 e. The van der Waals surface area contributed by atoms with Crippen LogP contribution >= 0.6 is 23.2 Å². The highest BCUT2D eigenvalue weighted by atomic mass is 35.5. The van der Waals surface area contributed by atoms with Crippen LogP contribution in [0.25, 0.3) is 0 Å². The Hall–Kier alpha value is -3.67. The maximum Gasteiger partial charge on any atom is 0.277 e. The molecule has 1 saturated heterocycles. The van der Waals surface area contributed by atoms with E-state index in [4.69, 9.17) is 27.9 Å². The van der Waals surface area contributed by atoms with Gasteiger partial charge in [0.2, 0.25) is 21.8 Å². The van der Waals surface area contributed by atoms with E-state index in [1.165, 1.54) is 38.1 Å². The molecule has 3 aromatic rings. The third-order valence-electron chi connectivity index (χ3n) is 7.84. The Kier molecular flexibility index (Phi) is 8.82. The van der Waals surface area contributed by atoms with Crippen LogP contribution in [-0.4, -0.2) is 38.0 Å². The Labute approximate surface area is 265 Å². The molecule has 0 aliphatic carbocycles. The zero-order valence-corrected chi connectivity index (χ0v) is 25.9. The Morgan fingerprint density at radius 2 is 1.70 bits per heavy atom. The molecule has 1 spiro atoms. The highest BCUT2D eigenvalue weighted by Crippen LogP contribution is 2.59. The van der Waals surface area contributed by atoms with Gasteiger partial charge in [-0.15, -0.1) is 0 Å². The van der Waals surface area contributed by atoms with E-state index in [-0.39, 0.29) is 24.6 Å². The number of aryl methyl sites for hydroxylation is 1. The Balaban J connectivity index is 0.00000442. The summed E-state index contributed by atoms with van der Waals surface area (Å²) in [6, 6.07) is 12.6. The second-order valence-corrected chi connectivity index (χ2v) is 13.9. The lowest BCUT2D eigenvalue weighted by atomic mass is 9.59. The fourth-order valence-electron chi connectivity index (χ4n) is 5.94. The molecule has 1 fully saturated rings. The van der Waals surface area contributed by atoms with Crippen molar-refractivity contribution in [3.05, 3.63) is 92.7 Å². The monoisotopic (exact) mass is 663 g/mol. The van der Waals surface area contributed by atoms with Crippen molar-refractivity contribution < 1.29 is 31.9 Å². The van der Waals surface area contributed by atoms with Gasteiger partial charge in [-0.25, -0.2) is 17.5 Å². The maximum absolute atomic E-state index is 14.7. The van der Waals surface area contributed by atoms with Crippen LogP contribution in [-0.2, 0) is 29.8 Å². The summed E-state index contributed by atoms with van der Waals surface area (Å²) >= 11 is 12.7. The van der Waals surface area contributed by atoms with E-state index >= 15 is 0 Å². The number of hydrogen-bond acceptors (Lipinski definition) is 6. The van der Waals surface area contributed by atoms with Crippen LogP contribution in [0, 0.1) is 12.7 Å². The normalized spacial score (nSPS) is 21.2. The molecule has 3 atom stereocenters. The molecule has 13 heteroatoms. The van der Waals surface area contributed by atoms with Gasteiger partial charge < -0.3 is 15.4 Å². The Morgan fingerprint density at radius 3 is 2.39 bits per heavy atom. The maximum atomic E-state index is 14.7. The zero-order chi connectivity index (χ0) is 31.5. The van der Waals surface area contributed by atoms with Crippen LogP contribution < -0.4 is 20.1 Å². The summed E-state index contributed by atoms with van der Waals surface area (Å²) in [6.45, 7) is 4.52. The van der Waals surface area contributed by atoms with Crippen molar-refractivity contribution in [2.24, 2.45) is 0 Å². The summed E-state index contributed by atoms with van der Waals surface area (Å²) in [7, 11) is -3.90. The molecule has 0 aromatic heterocycles. The van der Waals surface area contributed by atoms with Crippen molar-refractivity contribution in [3.63, 3.8) is 0 Å². The van der Waals surface area contributed by atoms with Crippen LogP contribution in [0.15, 0.2) is 54.6 Å². The molecule has 3 N–H and O–H groups in total.